The molecule has 3 nitrogen and oxygen atoms in total. The minimum Gasteiger partial charge on any atom is -0.211 e. The Balaban J connectivity index is 3.38. The van der Waals surface area contributed by atoms with Crippen molar-refractivity contribution in [2.24, 2.45) is 0 Å². The van der Waals surface area contributed by atoms with E-state index < -0.39 is 10.0 Å². The predicted molar refractivity (Wildman–Crippen MR) is 61.5 cm³/mol. The van der Waals surface area contributed by atoms with Crippen LogP contribution in [0.2, 0.25) is 0 Å². The maximum absolute atomic E-state index is 11.9. The number of nitrogens with one attached hydrogen (secondary N) is 1. The fourth-order valence-corrected chi connectivity index (χ4v) is 3.34. The summed E-state index contributed by atoms with van der Waals surface area (Å²) in [6.45, 7) is 7.80. The van der Waals surface area contributed by atoms with Crippen LogP contribution in [0.15, 0.2) is 17.0 Å². The van der Waals surface area contributed by atoms with E-state index in [-0.39, 0.29) is 0 Å². The highest BCUT2D eigenvalue weighted by atomic mass is 32.2. The van der Waals surface area contributed by atoms with Crippen molar-refractivity contribution in [3.8, 4) is 0 Å². The molecule has 0 bridgehead atoms. The summed E-state index contributed by atoms with van der Waals surface area (Å²) in [5.41, 5.74) is 2.68. The van der Waals surface area contributed by atoms with E-state index in [1.54, 1.807) is 6.92 Å². The zero-order valence-electron chi connectivity index (χ0n) is 9.59. The van der Waals surface area contributed by atoms with Gasteiger partial charge in [-0.05, 0) is 31.9 Å². The standard InChI is InChI=1S/C11H17NO2S/c1-5-12-15(13,14)11-9(3)6-8(2)7-10(11)4/h6-7,12H,5H2,1-4H3. The van der Waals surface area contributed by atoms with Crippen LogP contribution >= 0.6 is 0 Å². The van der Waals surface area contributed by atoms with Gasteiger partial charge in [0, 0.05) is 6.54 Å². The zero-order valence-corrected chi connectivity index (χ0v) is 10.4. The van der Waals surface area contributed by atoms with E-state index in [1.165, 1.54) is 0 Å². The van der Waals surface area contributed by atoms with Gasteiger partial charge in [-0.15, -0.1) is 0 Å². The molecule has 84 valence electrons. The smallest absolute Gasteiger partial charge is 0.211 e. The second kappa shape index (κ2) is 4.33. The molecule has 0 spiro atoms. The Morgan fingerprint density at radius 3 is 2.00 bits per heavy atom. The van der Waals surface area contributed by atoms with E-state index in [9.17, 15) is 8.42 Å². The second-order valence-electron chi connectivity index (χ2n) is 3.73. The molecule has 0 aromatic heterocycles. The summed E-state index contributed by atoms with van der Waals surface area (Å²) in [6.07, 6.45) is 0. The van der Waals surface area contributed by atoms with Gasteiger partial charge in [0.25, 0.3) is 0 Å². The SMILES string of the molecule is CCNS(=O)(=O)c1c(C)cc(C)cc1C. The van der Waals surface area contributed by atoms with Crippen molar-refractivity contribution in [2.45, 2.75) is 32.6 Å². The maximum atomic E-state index is 11.9. The van der Waals surface area contributed by atoms with Gasteiger partial charge in [0.1, 0.15) is 0 Å². The van der Waals surface area contributed by atoms with Gasteiger partial charge in [-0.3, -0.25) is 0 Å². The summed E-state index contributed by atoms with van der Waals surface area (Å²) >= 11 is 0. The maximum Gasteiger partial charge on any atom is 0.241 e. The Bertz CT molecular complexity index is 440. The van der Waals surface area contributed by atoms with Crippen LogP contribution in [-0.2, 0) is 10.0 Å². The molecule has 15 heavy (non-hydrogen) atoms. The first kappa shape index (κ1) is 12.2. The van der Waals surface area contributed by atoms with Gasteiger partial charge < -0.3 is 0 Å². The number of sulfonamides is 1. The summed E-state index contributed by atoms with van der Waals surface area (Å²) < 4.78 is 26.3. The molecule has 0 fully saturated rings. The first-order chi connectivity index (χ1) is 6.88. The molecule has 0 aliphatic heterocycles. The van der Waals surface area contributed by atoms with Gasteiger partial charge in [-0.2, -0.15) is 0 Å². The lowest BCUT2D eigenvalue weighted by atomic mass is 10.1. The van der Waals surface area contributed by atoms with Crippen LogP contribution in [0.3, 0.4) is 0 Å². The minimum absolute atomic E-state index is 0.412. The van der Waals surface area contributed by atoms with E-state index in [2.05, 4.69) is 4.72 Å². The van der Waals surface area contributed by atoms with E-state index in [1.807, 2.05) is 32.9 Å². The lowest BCUT2D eigenvalue weighted by molar-refractivity contribution is 0.582. The summed E-state index contributed by atoms with van der Waals surface area (Å²) in [5, 5.41) is 0. The van der Waals surface area contributed by atoms with Gasteiger partial charge in [0.15, 0.2) is 0 Å². The van der Waals surface area contributed by atoms with Gasteiger partial charge >= 0.3 is 0 Å². The molecule has 0 amide bonds. The van der Waals surface area contributed by atoms with Crippen molar-refractivity contribution in [1.29, 1.82) is 0 Å². The zero-order chi connectivity index (χ0) is 11.6. The quantitative estimate of drug-likeness (QED) is 0.857. The first-order valence-corrected chi connectivity index (χ1v) is 6.44. The molecule has 1 aromatic rings. The van der Waals surface area contributed by atoms with Gasteiger partial charge in [-0.1, -0.05) is 24.6 Å². The van der Waals surface area contributed by atoms with Crippen LogP contribution in [0, 0.1) is 20.8 Å². The molecule has 1 N–H and O–H groups in total. The topological polar surface area (TPSA) is 46.2 Å². The number of hydrogen-bond acceptors (Lipinski definition) is 2. The third kappa shape index (κ3) is 2.58. The van der Waals surface area contributed by atoms with Crippen LogP contribution in [0.1, 0.15) is 23.6 Å². The summed E-state index contributed by atoms with van der Waals surface area (Å²) in [7, 11) is -3.34. The molecule has 0 atom stereocenters. The highest BCUT2D eigenvalue weighted by molar-refractivity contribution is 7.89. The summed E-state index contributed by atoms with van der Waals surface area (Å²) in [4.78, 5) is 0.412. The molecule has 0 saturated carbocycles. The number of benzene rings is 1. The van der Waals surface area contributed by atoms with Crippen molar-refractivity contribution in [3.05, 3.63) is 28.8 Å². The van der Waals surface area contributed by atoms with E-state index in [0.717, 1.165) is 16.7 Å². The van der Waals surface area contributed by atoms with Crippen LogP contribution in [0.25, 0.3) is 0 Å². The third-order valence-electron chi connectivity index (χ3n) is 2.21. The van der Waals surface area contributed by atoms with Crippen LogP contribution in [-0.4, -0.2) is 15.0 Å². The normalized spacial score (nSPS) is 11.7. The lowest BCUT2D eigenvalue weighted by Gasteiger charge is -2.11. The van der Waals surface area contributed by atoms with Crippen LogP contribution < -0.4 is 4.72 Å². The molecular weight excluding hydrogens is 210 g/mol. The largest absolute Gasteiger partial charge is 0.241 e. The molecule has 1 aromatic carbocycles. The van der Waals surface area contributed by atoms with Crippen LogP contribution in [0.5, 0.6) is 0 Å². The average molecular weight is 227 g/mol. The molecule has 0 aliphatic carbocycles. The number of hydrogen-bond donors (Lipinski definition) is 1. The minimum atomic E-state index is -3.34. The molecule has 0 radical (unpaired) electrons. The van der Waals surface area contributed by atoms with E-state index >= 15 is 0 Å². The Kier molecular flexibility index (Phi) is 3.52. The fourth-order valence-electron chi connectivity index (χ4n) is 1.85. The molecule has 1 rings (SSSR count). The molecule has 0 aliphatic rings. The van der Waals surface area contributed by atoms with Crippen LogP contribution in [0.4, 0.5) is 0 Å². The Morgan fingerprint density at radius 1 is 1.13 bits per heavy atom. The molecule has 0 heterocycles. The van der Waals surface area contributed by atoms with Gasteiger partial charge in [0.05, 0.1) is 4.90 Å². The first-order valence-electron chi connectivity index (χ1n) is 4.96. The predicted octanol–water partition coefficient (Wildman–Crippen LogP) is 1.91. The highest BCUT2D eigenvalue weighted by Crippen LogP contribution is 2.21. The Labute approximate surface area is 91.6 Å². The van der Waals surface area contributed by atoms with Crippen molar-refractivity contribution < 1.29 is 8.42 Å². The Hall–Kier alpha value is -0.870. The average Bonchev–Trinajstić information content (AvgIpc) is 1.99. The molecular formula is C11H17NO2S. The summed E-state index contributed by atoms with van der Waals surface area (Å²) in [5.74, 6) is 0. The molecule has 0 saturated heterocycles. The van der Waals surface area contributed by atoms with E-state index in [0.29, 0.717) is 11.4 Å². The number of aryl methyl sites for hydroxylation is 3. The fraction of sp³-hybridized carbons (Fsp3) is 0.455. The van der Waals surface area contributed by atoms with Crippen molar-refractivity contribution >= 4 is 10.0 Å². The van der Waals surface area contributed by atoms with E-state index in [4.69, 9.17) is 0 Å². The second-order valence-corrected chi connectivity index (χ2v) is 5.43. The van der Waals surface area contributed by atoms with Crippen molar-refractivity contribution in [1.82, 2.24) is 4.72 Å². The van der Waals surface area contributed by atoms with Gasteiger partial charge in [0.2, 0.25) is 10.0 Å². The molecule has 4 heteroatoms. The number of rotatable bonds is 3. The third-order valence-corrected chi connectivity index (χ3v) is 4.06. The van der Waals surface area contributed by atoms with Crippen molar-refractivity contribution in [2.75, 3.05) is 6.54 Å². The van der Waals surface area contributed by atoms with Gasteiger partial charge in [-0.25, -0.2) is 13.1 Å². The summed E-state index contributed by atoms with van der Waals surface area (Å²) in [6, 6.07) is 3.77. The lowest BCUT2D eigenvalue weighted by Crippen LogP contribution is -2.24. The monoisotopic (exact) mass is 227 g/mol. The Morgan fingerprint density at radius 2 is 1.60 bits per heavy atom. The molecule has 0 unspecified atom stereocenters. The van der Waals surface area contributed by atoms with Crippen molar-refractivity contribution in [3.63, 3.8) is 0 Å². The highest BCUT2D eigenvalue weighted by Gasteiger charge is 2.18.